The first kappa shape index (κ1) is 27.2. The van der Waals surface area contributed by atoms with Crippen LogP contribution in [0.1, 0.15) is 23.2 Å². The number of amides is 1. The molecule has 2 aromatic heterocycles. The minimum absolute atomic E-state index is 0.0292. The lowest BCUT2D eigenvalue weighted by atomic mass is 10.1. The van der Waals surface area contributed by atoms with Crippen LogP contribution in [0.15, 0.2) is 76.8 Å². The van der Waals surface area contributed by atoms with Crippen LogP contribution in [-0.2, 0) is 0 Å². The van der Waals surface area contributed by atoms with E-state index < -0.39 is 0 Å². The van der Waals surface area contributed by atoms with Gasteiger partial charge in [-0.3, -0.25) is 10.1 Å². The van der Waals surface area contributed by atoms with Crippen molar-refractivity contribution in [2.75, 3.05) is 48.0 Å². The fourth-order valence-electron chi connectivity index (χ4n) is 4.11. The molecule has 0 radical (unpaired) electrons. The number of anilines is 4. The normalized spacial score (nSPS) is 13.6. The molecule has 1 aliphatic rings. The van der Waals surface area contributed by atoms with Crippen molar-refractivity contribution in [1.82, 2.24) is 19.9 Å². The number of hydrogen-bond donors (Lipinski definition) is 3. The fraction of sp³-hybridized carbons (Fsp3) is 0.250. The molecule has 3 heterocycles. The van der Waals surface area contributed by atoms with Gasteiger partial charge < -0.3 is 25.4 Å². The van der Waals surface area contributed by atoms with Crippen molar-refractivity contribution >= 4 is 41.1 Å². The van der Waals surface area contributed by atoms with E-state index in [1.165, 1.54) is 11.8 Å². The summed E-state index contributed by atoms with van der Waals surface area (Å²) in [5.41, 5.74) is 7.41. The van der Waals surface area contributed by atoms with Crippen molar-refractivity contribution in [3.63, 3.8) is 0 Å². The van der Waals surface area contributed by atoms with Gasteiger partial charge in [-0.05, 0) is 61.0 Å². The van der Waals surface area contributed by atoms with Gasteiger partial charge in [0, 0.05) is 44.5 Å². The summed E-state index contributed by atoms with van der Waals surface area (Å²) in [7, 11) is 3.92. The number of nitrogens with two attached hydrogens (primary N) is 1. The highest BCUT2D eigenvalue weighted by Gasteiger charge is 2.21. The first-order valence-corrected chi connectivity index (χ1v) is 13.6. The molecule has 0 bridgehead atoms. The largest absolute Gasteiger partial charge is 0.438 e. The van der Waals surface area contributed by atoms with Gasteiger partial charge in [0.1, 0.15) is 11.6 Å². The van der Waals surface area contributed by atoms with Crippen LogP contribution < -0.4 is 25.6 Å². The quantitative estimate of drug-likeness (QED) is 0.288. The molecule has 5 rings (SSSR count). The molecular formula is C28H30N8O3S. The third kappa shape index (κ3) is 6.77. The number of piperidine rings is 1. The van der Waals surface area contributed by atoms with E-state index in [1.54, 1.807) is 24.3 Å². The molecular weight excluding hydrogens is 528 g/mol. The van der Waals surface area contributed by atoms with Gasteiger partial charge in [0.15, 0.2) is 5.16 Å². The number of nitrogens with one attached hydrogen (secondary N) is 1. The van der Waals surface area contributed by atoms with Crippen molar-refractivity contribution < 1.29 is 14.6 Å². The lowest BCUT2D eigenvalue weighted by molar-refractivity contribution is 0.102. The molecule has 40 heavy (non-hydrogen) atoms. The second kappa shape index (κ2) is 12.2. The topological polar surface area (TPSA) is 143 Å². The summed E-state index contributed by atoms with van der Waals surface area (Å²) in [6.07, 6.45) is 1.07. The number of nitrogens with zero attached hydrogens (tertiary/aromatic N) is 6. The van der Waals surface area contributed by atoms with Gasteiger partial charge in [0.2, 0.25) is 17.8 Å². The first-order valence-electron chi connectivity index (χ1n) is 12.8. The Balaban J connectivity index is 1.43. The van der Waals surface area contributed by atoms with E-state index in [1.807, 2.05) is 61.5 Å². The first-order chi connectivity index (χ1) is 19.3. The summed E-state index contributed by atoms with van der Waals surface area (Å²) in [4.78, 5) is 35.0. The third-order valence-electron chi connectivity index (χ3n) is 6.24. The molecule has 0 saturated carbocycles. The zero-order valence-corrected chi connectivity index (χ0v) is 23.0. The molecule has 1 aliphatic heterocycles. The maximum absolute atomic E-state index is 12.6. The van der Waals surface area contributed by atoms with E-state index in [-0.39, 0.29) is 29.1 Å². The van der Waals surface area contributed by atoms with E-state index in [9.17, 15) is 9.90 Å². The SMILES string of the molecule is CN(C)c1cccc(Oc2nc(N3CCC(O)CC3)ccc2Sc2nc(N)nc(NC(=O)c3ccccc3)n2)c1. The molecule has 0 aliphatic carbocycles. The second-order valence-electron chi connectivity index (χ2n) is 9.41. The van der Waals surface area contributed by atoms with Crippen LogP contribution in [0.4, 0.5) is 23.4 Å². The average molecular weight is 559 g/mol. The van der Waals surface area contributed by atoms with Gasteiger partial charge >= 0.3 is 0 Å². The number of ether oxygens (including phenoxy) is 1. The zero-order chi connectivity index (χ0) is 28.1. The van der Waals surface area contributed by atoms with Gasteiger partial charge in [-0.1, -0.05) is 24.3 Å². The highest BCUT2D eigenvalue weighted by molar-refractivity contribution is 7.99. The van der Waals surface area contributed by atoms with Crippen molar-refractivity contribution in [3.8, 4) is 11.6 Å². The Hall–Kier alpha value is -4.42. The summed E-state index contributed by atoms with van der Waals surface area (Å²) >= 11 is 1.20. The standard InChI is InChI=1S/C28H30N8O3S/c1-35(2)19-9-6-10-21(17-19)39-25-22(11-12-23(30-25)36-15-13-20(37)14-16-36)40-28-33-26(29)32-27(34-28)31-24(38)18-7-4-3-5-8-18/h3-12,17,20,37H,13-16H2,1-2H3,(H3,29,31,32,33,34,38). The number of aliphatic hydroxyl groups excluding tert-OH is 1. The number of hydrogen-bond acceptors (Lipinski definition) is 11. The van der Waals surface area contributed by atoms with Crippen LogP contribution in [0.2, 0.25) is 0 Å². The molecule has 1 amide bonds. The molecule has 206 valence electrons. The maximum atomic E-state index is 12.6. The lowest BCUT2D eigenvalue weighted by Crippen LogP contribution is -2.36. The molecule has 4 aromatic rings. The number of carbonyl (C=O) groups excluding carboxylic acids is 1. The van der Waals surface area contributed by atoms with Crippen LogP contribution in [0.5, 0.6) is 11.6 Å². The minimum Gasteiger partial charge on any atom is -0.438 e. The zero-order valence-electron chi connectivity index (χ0n) is 22.2. The fourth-order valence-corrected chi connectivity index (χ4v) is 4.89. The van der Waals surface area contributed by atoms with Crippen LogP contribution in [0, 0.1) is 0 Å². The summed E-state index contributed by atoms with van der Waals surface area (Å²) < 4.78 is 6.30. The Kier molecular flexibility index (Phi) is 8.27. The molecule has 1 saturated heterocycles. The molecule has 4 N–H and O–H groups in total. The summed E-state index contributed by atoms with van der Waals surface area (Å²) in [5.74, 6) is 1.40. The van der Waals surface area contributed by atoms with E-state index in [2.05, 4.69) is 25.2 Å². The highest BCUT2D eigenvalue weighted by atomic mass is 32.2. The van der Waals surface area contributed by atoms with E-state index in [4.69, 9.17) is 15.5 Å². The number of carbonyl (C=O) groups is 1. The van der Waals surface area contributed by atoms with Crippen LogP contribution >= 0.6 is 11.8 Å². The van der Waals surface area contributed by atoms with Gasteiger partial charge in [0.05, 0.1) is 11.0 Å². The average Bonchev–Trinajstić information content (AvgIpc) is 2.95. The Labute approximate surface area is 236 Å². The second-order valence-corrected chi connectivity index (χ2v) is 10.4. The number of aromatic nitrogens is 4. The molecule has 11 nitrogen and oxygen atoms in total. The van der Waals surface area contributed by atoms with Crippen molar-refractivity contribution in [2.24, 2.45) is 0 Å². The molecule has 1 fully saturated rings. The summed E-state index contributed by atoms with van der Waals surface area (Å²) in [6.45, 7) is 1.40. The van der Waals surface area contributed by atoms with E-state index >= 15 is 0 Å². The van der Waals surface area contributed by atoms with E-state index in [0.29, 0.717) is 48.0 Å². The number of benzene rings is 2. The molecule has 12 heteroatoms. The Morgan fingerprint density at radius 2 is 1.80 bits per heavy atom. The van der Waals surface area contributed by atoms with Crippen LogP contribution in [-0.4, -0.2) is 64.2 Å². The van der Waals surface area contributed by atoms with Crippen molar-refractivity contribution in [1.29, 1.82) is 0 Å². The Morgan fingerprint density at radius 3 is 2.55 bits per heavy atom. The third-order valence-corrected chi connectivity index (χ3v) is 7.14. The number of rotatable bonds is 8. The maximum Gasteiger partial charge on any atom is 0.258 e. The molecule has 2 aromatic carbocycles. The van der Waals surface area contributed by atoms with Gasteiger partial charge in [-0.25, -0.2) is 0 Å². The molecule has 0 spiro atoms. The van der Waals surface area contributed by atoms with Crippen molar-refractivity contribution in [2.45, 2.75) is 29.0 Å². The van der Waals surface area contributed by atoms with Gasteiger partial charge in [-0.2, -0.15) is 19.9 Å². The predicted octanol–water partition coefficient (Wildman–Crippen LogP) is 4.07. The Bertz CT molecular complexity index is 1480. The predicted molar refractivity (Wildman–Crippen MR) is 155 cm³/mol. The number of pyridine rings is 1. The summed E-state index contributed by atoms with van der Waals surface area (Å²) in [6, 6.07) is 20.3. The monoisotopic (exact) mass is 558 g/mol. The highest BCUT2D eigenvalue weighted by Crippen LogP contribution is 2.37. The van der Waals surface area contributed by atoms with Crippen LogP contribution in [0.3, 0.4) is 0 Å². The Morgan fingerprint density at radius 1 is 1.02 bits per heavy atom. The van der Waals surface area contributed by atoms with Crippen molar-refractivity contribution in [3.05, 3.63) is 72.3 Å². The molecule has 0 unspecified atom stereocenters. The lowest BCUT2D eigenvalue weighted by Gasteiger charge is -2.30. The molecule has 0 atom stereocenters. The van der Waals surface area contributed by atoms with Crippen LogP contribution in [0.25, 0.3) is 0 Å². The van der Waals surface area contributed by atoms with E-state index in [0.717, 1.165) is 11.5 Å². The number of aliphatic hydroxyl groups is 1. The number of nitrogen functional groups attached to an aromatic ring is 1. The summed E-state index contributed by atoms with van der Waals surface area (Å²) in [5, 5.41) is 12.9. The van der Waals surface area contributed by atoms with Gasteiger partial charge in [-0.15, -0.1) is 0 Å². The minimum atomic E-state index is -0.357. The van der Waals surface area contributed by atoms with Gasteiger partial charge in [0.25, 0.3) is 5.91 Å². The smallest absolute Gasteiger partial charge is 0.258 e.